The van der Waals surface area contributed by atoms with E-state index in [9.17, 15) is 4.39 Å². The van der Waals surface area contributed by atoms with Crippen LogP contribution in [0.3, 0.4) is 0 Å². The molecular formula is C14H16FN3O. The van der Waals surface area contributed by atoms with Crippen molar-refractivity contribution in [2.45, 2.75) is 20.5 Å². The van der Waals surface area contributed by atoms with Gasteiger partial charge in [-0.15, -0.1) is 0 Å². The lowest BCUT2D eigenvalue weighted by Gasteiger charge is -2.08. The second-order valence-electron chi connectivity index (χ2n) is 4.15. The molecule has 2 aromatic rings. The second-order valence-corrected chi connectivity index (χ2v) is 4.15. The summed E-state index contributed by atoms with van der Waals surface area (Å²) in [6.45, 7) is 4.86. The van der Waals surface area contributed by atoms with Crippen molar-refractivity contribution >= 4 is 5.82 Å². The van der Waals surface area contributed by atoms with Crippen molar-refractivity contribution in [1.82, 2.24) is 9.97 Å². The largest absolute Gasteiger partial charge is 0.484 e. The Morgan fingerprint density at radius 1 is 1.26 bits per heavy atom. The molecule has 1 N–H and O–H groups in total. The maximum Gasteiger partial charge on any atom is 0.165 e. The molecule has 0 saturated heterocycles. The molecule has 0 aliphatic heterocycles. The van der Waals surface area contributed by atoms with E-state index in [0.717, 1.165) is 12.1 Å². The smallest absolute Gasteiger partial charge is 0.165 e. The van der Waals surface area contributed by atoms with E-state index in [2.05, 4.69) is 15.3 Å². The van der Waals surface area contributed by atoms with Gasteiger partial charge in [-0.1, -0.05) is 6.07 Å². The van der Waals surface area contributed by atoms with Gasteiger partial charge in [0.15, 0.2) is 11.6 Å². The van der Waals surface area contributed by atoms with Crippen LogP contribution in [-0.4, -0.2) is 16.5 Å². The first-order valence-electron chi connectivity index (χ1n) is 6.12. The second kappa shape index (κ2) is 6.13. The first-order chi connectivity index (χ1) is 9.19. The Balaban J connectivity index is 2.00. The Hall–Kier alpha value is -2.17. The molecule has 0 saturated carbocycles. The van der Waals surface area contributed by atoms with Crippen molar-refractivity contribution in [3.8, 4) is 5.75 Å². The lowest BCUT2D eigenvalue weighted by atomic mass is 10.2. The quantitative estimate of drug-likeness (QED) is 0.899. The van der Waals surface area contributed by atoms with Crippen molar-refractivity contribution in [2.75, 3.05) is 11.9 Å². The fourth-order valence-electron chi connectivity index (χ4n) is 1.57. The average Bonchev–Trinajstić information content (AvgIpc) is 2.42. The molecule has 0 bridgehead atoms. The summed E-state index contributed by atoms with van der Waals surface area (Å²) < 4.78 is 18.9. The summed E-state index contributed by atoms with van der Waals surface area (Å²) >= 11 is 0. The predicted molar refractivity (Wildman–Crippen MR) is 71.7 cm³/mol. The first kappa shape index (κ1) is 13.3. The third-order valence-electron chi connectivity index (χ3n) is 2.53. The summed E-state index contributed by atoms with van der Waals surface area (Å²) in [6.07, 6.45) is 3.25. The molecule has 0 aliphatic carbocycles. The van der Waals surface area contributed by atoms with Gasteiger partial charge in [-0.2, -0.15) is 0 Å². The fraction of sp³-hybridized carbons (Fsp3) is 0.286. The highest BCUT2D eigenvalue weighted by Crippen LogP contribution is 2.19. The van der Waals surface area contributed by atoms with Gasteiger partial charge in [-0.05, 0) is 31.5 Å². The molecule has 0 unspecified atom stereocenters. The van der Waals surface area contributed by atoms with E-state index in [1.807, 2.05) is 13.8 Å². The molecule has 100 valence electrons. The van der Waals surface area contributed by atoms with Gasteiger partial charge in [0, 0.05) is 6.54 Å². The van der Waals surface area contributed by atoms with Crippen LogP contribution >= 0.6 is 0 Å². The summed E-state index contributed by atoms with van der Waals surface area (Å²) in [5, 5.41) is 3.05. The number of anilines is 1. The minimum Gasteiger partial charge on any atom is -0.484 e. The summed E-state index contributed by atoms with van der Waals surface area (Å²) in [5.41, 5.74) is 1.60. The zero-order chi connectivity index (χ0) is 13.7. The van der Waals surface area contributed by atoms with Crippen LogP contribution in [0.15, 0.2) is 30.6 Å². The number of benzene rings is 1. The molecule has 0 aliphatic rings. The maximum absolute atomic E-state index is 13.5. The standard InChI is InChI=1S/C14H16FN3O/c1-3-16-14-8-17-11(7-18-14)9-19-13-6-10(2)4-5-12(13)15/h4-8H,3,9H2,1-2H3,(H,16,18). The van der Waals surface area contributed by atoms with Crippen molar-refractivity contribution in [2.24, 2.45) is 0 Å². The monoisotopic (exact) mass is 261 g/mol. The van der Waals surface area contributed by atoms with Crippen LogP contribution in [0.25, 0.3) is 0 Å². The van der Waals surface area contributed by atoms with Gasteiger partial charge in [-0.25, -0.2) is 9.37 Å². The molecule has 0 atom stereocenters. The molecule has 0 spiro atoms. The van der Waals surface area contributed by atoms with Crippen LogP contribution in [0.5, 0.6) is 5.75 Å². The number of nitrogens with one attached hydrogen (secondary N) is 1. The molecule has 19 heavy (non-hydrogen) atoms. The summed E-state index contributed by atoms with van der Waals surface area (Å²) in [6, 6.07) is 4.76. The third-order valence-corrected chi connectivity index (χ3v) is 2.53. The maximum atomic E-state index is 13.5. The average molecular weight is 261 g/mol. The number of nitrogens with zero attached hydrogens (tertiary/aromatic N) is 2. The first-order valence-corrected chi connectivity index (χ1v) is 6.12. The number of aromatic nitrogens is 2. The van der Waals surface area contributed by atoms with E-state index >= 15 is 0 Å². The van der Waals surface area contributed by atoms with Gasteiger partial charge in [0.1, 0.15) is 12.4 Å². The van der Waals surface area contributed by atoms with E-state index in [1.54, 1.807) is 24.5 Å². The van der Waals surface area contributed by atoms with Gasteiger partial charge in [0.25, 0.3) is 0 Å². The number of ether oxygens (including phenoxy) is 1. The van der Waals surface area contributed by atoms with Crippen LogP contribution in [0.2, 0.25) is 0 Å². The van der Waals surface area contributed by atoms with Crippen molar-refractivity contribution in [3.63, 3.8) is 0 Å². The molecular weight excluding hydrogens is 245 g/mol. The van der Waals surface area contributed by atoms with Crippen LogP contribution in [-0.2, 0) is 6.61 Å². The Kier molecular flexibility index (Phi) is 4.28. The van der Waals surface area contributed by atoms with Crippen molar-refractivity contribution < 1.29 is 9.13 Å². The lowest BCUT2D eigenvalue weighted by Crippen LogP contribution is -2.04. The van der Waals surface area contributed by atoms with Gasteiger partial charge >= 0.3 is 0 Å². The molecule has 0 radical (unpaired) electrons. The Labute approximate surface area is 111 Å². The molecule has 1 aromatic carbocycles. The molecule has 2 rings (SSSR count). The highest BCUT2D eigenvalue weighted by molar-refractivity contribution is 5.31. The number of rotatable bonds is 5. The van der Waals surface area contributed by atoms with Gasteiger partial charge < -0.3 is 10.1 Å². The van der Waals surface area contributed by atoms with Crippen LogP contribution in [0, 0.1) is 12.7 Å². The molecule has 1 heterocycles. The summed E-state index contributed by atoms with van der Waals surface area (Å²) in [5.74, 6) is 0.577. The van der Waals surface area contributed by atoms with E-state index < -0.39 is 0 Å². The number of hydrogen-bond donors (Lipinski definition) is 1. The number of hydrogen-bond acceptors (Lipinski definition) is 4. The van der Waals surface area contributed by atoms with Gasteiger partial charge in [0.2, 0.25) is 0 Å². The molecule has 0 amide bonds. The topological polar surface area (TPSA) is 47.0 Å². The van der Waals surface area contributed by atoms with Crippen molar-refractivity contribution in [1.29, 1.82) is 0 Å². The predicted octanol–water partition coefficient (Wildman–Crippen LogP) is 2.93. The Bertz CT molecular complexity index is 543. The summed E-state index contributed by atoms with van der Waals surface area (Å²) in [7, 11) is 0. The highest BCUT2D eigenvalue weighted by atomic mass is 19.1. The lowest BCUT2D eigenvalue weighted by molar-refractivity contribution is 0.285. The van der Waals surface area contributed by atoms with Gasteiger partial charge in [-0.3, -0.25) is 4.98 Å². The fourth-order valence-corrected chi connectivity index (χ4v) is 1.57. The van der Waals surface area contributed by atoms with Crippen LogP contribution in [0.4, 0.5) is 10.2 Å². The Morgan fingerprint density at radius 3 is 2.79 bits per heavy atom. The molecule has 4 nitrogen and oxygen atoms in total. The number of aryl methyl sites for hydroxylation is 1. The molecule has 0 fully saturated rings. The minimum absolute atomic E-state index is 0.194. The van der Waals surface area contributed by atoms with Crippen molar-refractivity contribution in [3.05, 3.63) is 47.7 Å². The molecule has 1 aromatic heterocycles. The van der Waals surface area contributed by atoms with E-state index in [1.165, 1.54) is 6.07 Å². The molecule has 5 heteroatoms. The minimum atomic E-state index is -0.372. The van der Waals surface area contributed by atoms with E-state index in [-0.39, 0.29) is 18.2 Å². The Morgan fingerprint density at radius 2 is 2.11 bits per heavy atom. The van der Waals surface area contributed by atoms with Gasteiger partial charge in [0.05, 0.1) is 18.1 Å². The number of halogens is 1. The van der Waals surface area contributed by atoms with E-state index in [4.69, 9.17) is 4.74 Å². The van der Waals surface area contributed by atoms with Crippen LogP contribution in [0.1, 0.15) is 18.2 Å². The normalized spacial score (nSPS) is 10.3. The SMILES string of the molecule is CCNc1cnc(COc2cc(C)ccc2F)cn1. The zero-order valence-electron chi connectivity index (χ0n) is 11.0. The summed E-state index contributed by atoms with van der Waals surface area (Å²) in [4.78, 5) is 8.37. The van der Waals surface area contributed by atoms with Crippen LogP contribution < -0.4 is 10.1 Å². The third kappa shape index (κ3) is 3.64. The van der Waals surface area contributed by atoms with E-state index in [0.29, 0.717) is 11.5 Å². The zero-order valence-corrected chi connectivity index (χ0v) is 11.0. The highest BCUT2D eigenvalue weighted by Gasteiger charge is 2.04.